The Balaban J connectivity index is 1.88. The first-order chi connectivity index (χ1) is 7.27. The van der Waals surface area contributed by atoms with E-state index in [0.29, 0.717) is 11.8 Å². The van der Waals surface area contributed by atoms with Crippen LogP contribution in [0.5, 0.6) is 0 Å². The second kappa shape index (κ2) is 4.97. The molecule has 0 bridgehead atoms. The smallest absolute Gasteiger partial charge is 0.225 e. The second-order valence-electron chi connectivity index (χ2n) is 4.78. The predicted octanol–water partition coefficient (Wildman–Crippen LogP) is 1.15. The standard InChI is InChI=1S/C12H21N2O/c1-13-7-4-8-14(10-9-13)12(15)11-5-2-3-6-11/h2,11H,3-10H2,1H3. The Morgan fingerprint density at radius 2 is 2.13 bits per heavy atom. The van der Waals surface area contributed by atoms with Crippen LogP contribution in [-0.2, 0) is 4.79 Å². The van der Waals surface area contributed by atoms with Gasteiger partial charge in [0, 0.05) is 25.6 Å². The molecule has 0 N–H and O–H groups in total. The molecule has 85 valence electrons. The molecule has 0 spiro atoms. The number of carbonyl (C=O) groups excluding carboxylic acids is 1. The lowest BCUT2D eigenvalue weighted by atomic mass is 10.1. The minimum absolute atomic E-state index is 0.299. The maximum Gasteiger partial charge on any atom is 0.225 e. The van der Waals surface area contributed by atoms with Crippen molar-refractivity contribution in [3.05, 3.63) is 6.42 Å². The van der Waals surface area contributed by atoms with E-state index in [2.05, 4.69) is 23.3 Å². The molecule has 2 aliphatic rings. The predicted molar refractivity (Wildman–Crippen MR) is 60.3 cm³/mol. The zero-order valence-corrected chi connectivity index (χ0v) is 9.61. The van der Waals surface area contributed by atoms with Crippen LogP contribution >= 0.6 is 0 Å². The summed E-state index contributed by atoms with van der Waals surface area (Å²) in [6, 6.07) is 0. The van der Waals surface area contributed by atoms with E-state index in [1.165, 1.54) is 0 Å². The fourth-order valence-corrected chi connectivity index (χ4v) is 2.51. The molecule has 15 heavy (non-hydrogen) atoms. The number of likely N-dealkylation sites (N-methyl/N-ethyl adjacent to an activating group) is 1. The molecule has 1 aliphatic carbocycles. The normalized spacial score (nSPS) is 25.5. The summed E-state index contributed by atoms with van der Waals surface area (Å²) >= 11 is 0. The maximum absolute atomic E-state index is 12.1. The van der Waals surface area contributed by atoms with Crippen LogP contribution in [0.4, 0.5) is 0 Å². The number of carbonyl (C=O) groups is 1. The van der Waals surface area contributed by atoms with Crippen molar-refractivity contribution < 1.29 is 4.79 Å². The summed E-state index contributed by atoms with van der Waals surface area (Å²) in [6.07, 6.45) is 6.59. The average Bonchev–Trinajstić information content (AvgIpc) is 2.67. The topological polar surface area (TPSA) is 23.6 Å². The molecule has 1 heterocycles. The molecule has 1 unspecified atom stereocenters. The van der Waals surface area contributed by atoms with E-state index >= 15 is 0 Å². The van der Waals surface area contributed by atoms with Crippen molar-refractivity contribution in [1.82, 2.24) is 9.80 Å². The first kappa shape index (κ1) is 10.9. The van der Waals surface area contributed by atoms with Crippen molar-refractivity contribution in [3.8, 4) is 0 Å². The Labute approximate surface area is 92.4 Å². The molecule has 1 atom stereocenters. The van der Waals surface area contributed by atoms with Crippen LogP contribution in [0.25, 0.3) is 0 Å². The molecular weight excluding hydrogens is 188 g/mol. The molecule has 1 radical (unpaired) electrons. The van der Waals surface area contributed by atoms with Crippen molar-refractivity contribution in [3.63, 3.8) is 0 Å². The molecule has 1 aliphatic heterocycles. The SMILES string of the molecule is CN1CCCN(C(=O)C2C[CH]CC2)CC1. The van der Waals surface area contributed by atoms with E-state index < -0.39 is 0 Å². The van der Waals surface area contributed by atoms with Gasteiger partial charge in [-0.3, -0.25) is 4.79 Å². The fraction of sp³-hybridized carbons (Fsp3) is 0.833. The molecule has 2 rings (SSSR count). The van der Waals surface area contributed by atoms with Crippen molar-refractivity contribution in [2.75, 3.05) is 33.2 Å². The summed E-state index contributed by atoms with van der Waals surface area (Å²) < 4.78 is 0. The van der Waals surface area contributed by atoms with Gasteiger partial charge in [0.1, 0.15) is 0 Å². The van der Waals surface area contributed by atoms with Gasteiger partial charge < -0.3 is 9.80 Å². The number of hydrogen-bond donors (Lipinski definition) is 0. The Kier molecular flexibility index (Phi) is 3.62. The second-order valence-corrected chi connectivity index (χ2v) is 4.78. The number of nitrogens with zero attached hydrogens (tertiary/aromatic N) is 2. The van der Waals surface area contributed by atoms with Crippen LogP contribution in [0.3, 0.4) is 0 Å². The number of hydrogen-bond acceptors (Lipinski definition) is 2. The summed E-state index contributed by atoms with van der Waals surface area (Å²) in [5, 5.41) is 0. The highest BCUT2D eigenvalue weighted by Gasteiger charge is 2.27. The van der Waals surface area contributed by atoms with E-state index in [1.54, 1.807) is 0 Å². The zero-order valence-electron chi connectivity index (χ0n) is 9.61. The van der Waals surface area contributed by atoms with Gasteiger partial charge in [-0.25, -0.2) is 0 Å². The highest BCUT2D eigenvalue weighted by molar-refractivity contribution is 5.79. The monoisotopic (exact) mass is 209 g/mol. The Morgan fingerprint density at radius 1 is 1.27 bits per heavy atom. The van der Waals surface area contributed by atoms with Crippen LogP contribution in [0.1, 0.15) is 25.7 Å². The van der Waals surface area contributed by atoms with Crippen LogP contribution in [0.2, 0.25) is 0 Å². The lowest BCUT2D eigenvalue weighted by Crippen LogP contribution is -2.37. The van der Waals surface area contributed by atoms with Crippen LogP contribution in [0, 0.1) is 12.3 Å². The molecule has 0 aromatic heterocycles. The third-order valence-electron chi connectivity index (χ3n) is 3.55. The van der Waals surface area contributed by atoms with Crippen LogP contribution < -0.4 is 0 Å². The van der Waals surface area contributed by atoms with Gasteiger partial charge in [0.25, 0.3) is 0 Å². The van der Waals surface area contributed by atoms with Gasteiger partial charge in [0.05, 0.1) is 0 Å². The quantitative estimate of drug-likeness (QED) is 0.647. The molecule has 1 saturated carbocycles. The van der Waals surface area contributed by atoms with E-state index in [9.17, 15) is 4.79 Å². The number of amides is 1. The lowest BCUT2D eigenvalue weighted by Gasteiger charge is -2.23. The summed E-state index contributed by atoms with van der Waals surface area (Å²) in [5.41, 5.74) is 0. The van der Waals surface area contributed by atoms with Gasteiger partial charge in [-0.1, -0.05) is 0 Å². The van der Waals surface area contributed by atoms with Gasteiger partial charge >= 0.3 is 0 Å². The molecule has 0 aromatic carbocycles. The summed E-state index contributed by atoms with van der Waals surface area (Å²) in [7, 11) is 2.14. The molecule has 3 nitrogen and oxygen atoms in total. The third-order valence-corrected chi connectivity index (χ3v) is 3.55. The zero-order chi connectivity index (χ0) is 10.7. The number of rotatable bonds is 1. The Morgan fingerprint density at radius 3 is 2.87 bits per heavy atom. The van der Waals surface area contributed by atoms with E-state index in [0.717, 1.165) is 51.9 Å². The molecule has 1 saturated heterocycles. The Hall–Kier alpha value is -0.570. The van der Waals surface area contributed by atoms with Crippen molar-refractivity contribution in [1.29, 1.82) is 0 Å². The molecular formula is C12H21N2O. The molecule has 1 amide bonds. The van der Waals surface area contributed by atoms with E-state index in [-0.39, 0.29) is 0 Å². The first-order valence-electron chi connectivity index (χ1n) is 6.06. The Bertz CT molecular complexity index is 224. The van der Waals surface area contributed by atoms with Gasteiger partial charge in [-0.2, -0.15) is 0 Å². The van der Waals surface area contributed by atoms with Gasteiger partial charge in [0.15, 0.2) is 0 Å². The van der Waals surface area contributed by atoms with Crippen molar-refractivity contribution in [2.24, 2.45) is 5.92 Å². The van der Waals surface area contributed by atoms with Crippen LogP contribution in [0.15, 0.2) is 0 Å². The molecule has 0 aromatic rings. The minimum atomic E-state index is 0.299. The van der Waals surface area contributed by atoms with Gasteiger partial charge in [-0.15, -0.1) is 0 Å². The van der Waals surface area contributed by atoms with E-state index in [4.69, 9.17) is 0 Å². The van der Waals surface area contributed by atoms with Gasteiger partial charge in [-0.05, 0) is 45.7 Å². The van der Waals surface area contributed by atoms with Crippen molar-refractivity contribution >= 4 is 5.91 Å². The lowest BCUT2D eigenvalue weighted by molar-refractivity contribution is -0.135. The maximum atomic E-state index is 12.1. The third kappa shape index (κ3) is 2.71. The highest BCUT2D eigenvalue weighted by atomic mass is 16.2. The first-order valence-corrected chi connectivity index (χ1v) is 6.06. The van der Waals surface area contributed by atoms with Crippen LogP contribution in [-0.4, -0.2) is 48.9 Å². The molecule has 2 fully saturated rings. The minimum Gasteiger partial charge on any atom is -0.341 e. The molecule has 3 heteroatoms. The van der Waals surface area contributed by atoms with E-state index in [1.807, 2.05) is 0 Å². The average molecular weight is 209 g/mol. The largest absolute Gasteiger partial charge is 0.341 e. The summed E-state index contributed by atoms with van der Waals surface area (Å²) in [5.74, 6) is 0.701. The highest BCUT2D eigenvalue weighted by Crippen LogP contribution is 2.26. The van der Waals surface area contributed by atoms with Gasteiger partial charge in [0.2, 0.25) is 5.91 Å². The summed E-state index contributed by atoms with van der Waals surface area (Å²) in [4.78, 5) is 16.5. The fourth-order valence-electron chi connectivity index (χ4n) is 2.51. The summed E-state index contributed by atoms with van der Waals surface area (Å²) in [6.45, 7) is 4.04. The van der Waals surface area contributed by atoms with Crippen molar-refractivity contribution in [2.45, 2.75) is 25.7 Å².